The van der Waals surface area contributed by atoms with Crippen LogP contribution in [0.25, 0.3) is 0 Å². The molecule has 0 unspecified atom stereocenters. The Bertz CT molecular complexity index is 267. The summed E-state index contributed by atoms with van der Waals surface area (Å²) >= 11 is 0. The minimum absolute atomic E-state index is 0.102. The molecule has 1 saturated heterocycles. The lowest BCUT2D eigenvalue weighted by Gasteiger charge is -2.35. The minimum atomic E-state index is -0.102. The number of hydrogen-bond donors (Lipinski definition) is 2. The van der Waals surface area contributed by atoms with Crippen LogP contribution in [0, 0.1) is 0 Å². The minimum Gasteiger partial charge on any atom is -0.378 e. The molecule has 6 nitrogen and oxygen atoms in total. The summed E-state index contributed by atoms with van der Waals surface area (Å²) in [4.78, 5) is 0. The van der Waals surface area contributed by atoms with Gasteiger partial charge in [-0.3, -0.25) is 0 Å². The van der Waals surface area contributed by atoms with E-state index in [1.165, 1.54) is 0 Å². The van der Waals surface area contributed by atoms with Crippen molar-refractivity contribution in [1.82, 2.24) is 25.9 Å². The molecule has 0 spiro atoms. The van der Waals surface area contributed by atoms with Gasteiger partial charge in [-0.05, 0) is 25.9 Å². The van der Waals surface area contributed by atoms with Gasteiger partial charge in [-0.2, -0.15) is 5.21 Å². The summed E-state index contributed by atoms with van der Waals surface area (Å²) in [6.45, 7) is 1.98. The number of nitrogens with one attached hydrogen (secondary N) is 2. The molecular formula is C8H15N5O. The van der Waals surface area contributed by atoms with Crippen LogP contribution in [-0.4, -0.2) is 46.4 Å². The second kappa shape index (κ2) is 4.02. The highest BCUT2D eigenvalue weighted by Gasteiger charge is 2.33. The lowest BCUT2D eigenvalue weighted by atomic mass is 9.88. The number of nitrogens with zero attached hydrogens (tertiary/aromatic N) is 3. The molecule has 78 valence electrons. The second-order valence-corrected chi connectivity index (χ2v) is 3.64. The van der Waals surface area contributed by atoms with E-state index in [0.717, 1.165) is 38.2 Å². The van der Waals surface area contributed by atoms with Crippen molar-refractivity contribution in [3.05, 3.63) is 5.82 Å². The molecule has 1 aliphatic rings. The lowest BCUT2D eigenvalue weighted by Crippen LogP contribution is -2.45. The van der Waals surface area contributed by atoms with E-state index in [-0.39, 0.29) is 5.60 Å². The number of methoxy groups -OCH3 is 1. The van der Waals surface area contributed by atoms with E-state index >= 15 is 0 Å². The molecule has 1 aromatic rings. The molecule has 1 fully saturated rings. The quantitative estimate of drug-likeness (QED) is 0.684. The number of aromatic amines is 1. The Balaban J connectivity index is 2.04. The number of piperidine rings is 1. The molecule has 6 heteroatoms. The van der Waals surface area contributed by atoms with E-state index in [1.807, 2.05) is 0 Å². The van der Waals surface area contributed by atoms with Gasteiger partial charge in [0.25, 0.3) is 0 Å². The maximum Gasteiger partial charge on any atom is 0.177 e. The van der Waals surface area contributed by atoms with Gasteiger partial charge in [0.15, 0.2) is 5.82 Å². The number of ether oxygens (including phenoxy) is 1. The Morgan fingerprint density at radius 3 is 2.79 bits per heavy atom. The molecule has 2 rings (SSSR count). The van der Waals surface area contributed by atoms with Gasteiger partial charge in [-0.1, -0.05) is 5.21 Å². The fraction of sp³-hybridized carbons (Fsp3) is 0.875. The molecular weight excluding hydrogens is 182 g/mol. The zero-order valence-electron chi connectivity index (χ0n) is 8.29. The topological polar surface area (TPSA) is 75.7 Å². The first-order valence-electron chi connectivity index (χ1n) is 4.83. The van der Waals surface area contributed by atoms with Crippen LogP contribution in [0.5, 0.6) is 0 Å². The molecule has 0 bridgehead atoms. The summed E-state index contributed by atoms with van der Waals surface area (Å²) in [7, 11) is 1.76. The van der Waals surface area contributed by atoms with Crippen LogP contribution in [0.2, 0.25) is 0 Å². The van der Waals surface area contributed by atoms with Crippen LogP contribution in [0.1, 0.15) is 18.7 Å². The van der Waals surface area contributed by atoms with E-state index in [4.69, 9.17) is 4.74 Å². The first kappa shape index (κ1) is 9.54. The molecule has 1 aromatic heterocycles. The van der Waals surface area contributed by atoms with Crippen molar-refractivity contribution in [2.45, 2.75) is 24.9 Å². The third kappa shape index (κ3) is 1.91. The summed E-state index contributed by atoms with van der Waals surface area (Å²) in [5.41, 5.74) is -0.102. The van der Waals surface area contributed by atoms with Gasteiger partial charge < -0.3 is 10.1 Å². The number of rotatable bonds is 3. The monoisotopic (exact) mass is 197 g/mol. The average molecular weight is 197 g/mol. The van der Waals surface area contributed by atoms with E-state index in [1.54, 1.807) is 7.11 Å². The van der Waals surface area contributed by atoms with Crippen molar-refractivity contribution in [3.63, 3.8) is 0 Å². The fourth-order valence-electron chi connectivity index (χ4n) is 1.88. The van der Waals surface area contributed by atoms with E-state index < -0.39 is 0 Å². The van der Waals surface area contributed by atoms with Gasteiger partial charge in [-0.25, -0.2) is 0 Å². The van der Waals surface area contributed by atoms with E-state index in [9.17, 15) is 0 Å². The Hall–Kier alpha value is -1.01. The van der Waals surface area contributed by atoms with Crippen LogP contribution in [-0.2, 0) is 11.2 Å². The van der Waals surface area contributed by atoms with Crippen LogP contribution in [0.4, 0.5) is 0 Å². The number of tetrazole rings is 1. The molecule has 0 aliphatic carbocycles. The molecule has 0 atom stereocenters. The molecule has 0 amide bonds. The predicted octanol–water partition coefficient (Wildman–Crippen LogP) is -0.489. The highest BCUT2D eigenvalue weighted by Crippen LogP contribution is 2.25. The van der Waals surface area contributed by atoms with Crippen LogP contribution in [0.3, 0.4) is 0 Å². The Labute approximate surface area is 82.4 Å². The van der Waals surface area contributed by atoms with E-state index in [2.05, 4.69) is 25.9 Å². The van der Waals surface area contributed by atoms with Crippen molar-refractivity contribution in [1.29, 1.82) is 0 Å². The van der Waals surface area contributed by atoms with Crippen molar-refractivity contribution < 1.29 is 4.74 Å². The molecule has 0 radical (unpaired) electrons. The van der Waals surface area contributed by atoms with Gasteiger partial charge in [-0.15, -0.1) is 10.2 Å². The van der Waals surface area contributed by atoms with Gasteiger partial charge in [0.1, 0.15) is 0 Å². The average Bonchev–Trinajstić information content (AvgIpc) is 2.72. The van der Waals surface area contributed by atoms with Crippen molar-refractivity contribution >= 4 is 0 Å². The second-order valence-electron chi connectivity index (χ2n) is 3.64. The fourth-order valence-corrected chi connectivity index (χ4v) is 1.88. The largest absolute Gasteiger partial charge is 0.378 e. The van der Waals surface area contributed by atoms with Crippen molar-refractivity contribution in [3.8, 4) is 0 Å². The summed E-state index contributed by atoms with van der Waals surface area (Å²) in [6.07, 6.45) is 2.73. The summed E-state index contributed by atoms with van der Waals surface area (Å²) in [5, 5.41) is 17.2. The Morgan fingerprint density at radius 2 is 2.21 bits per heavy atom. The maximum absolute atomic E-state index is 5.59. The van der Waals surface area contributed by atoms with Gasteiger partial charge in [0.05, 0.1) is 5.60 Å². The van der Waals surface area contributed by atoms with Crippen molar-refractivity contribution in [2.24, 2.45) is 0 Å². The standard InChI is InChI=1S/C8H15N5O/c1-14-8(2-4-9-5-3-8)6-7-10-12-13-11-7/h9H,2-6H2,1H3,(H,10,11,12,13). The van der Waals surface area contributed by atoms with Gasteiger partial charge in [0, 0.05) is 13.5 Å². The Kier molecular flexibility index (Phi) is 2.74. The summed E-state index contributed by atoms with van der Waals surface area (Å²) in [5.74, 6) is 0.730. The molecule has 14 heavy (non-hydrogen) atoms. The van der Waals surface area contributed by atoms with Gasteiger partial charge in [0.2, 0.25) is 0 Å². The number of aromatic nitrogens is 4. The number of H-pyrrole nitrogens is 1. The van der Waals surface area contributed by atoms with Gasteiger partial charge >= 0.3 is 0 Å². The highest BCUT2D eigenvalue weighted by atomic mass is 16.5. The highest BCUT2D eigenvalue weighted by molar-refractivity contribution is 4.94. The molecule has 2 heterocycles. The smallest absolute Gasteiger partial charge is 0.177 e. The predicted molar refractivity (Wildman–Crippen MR) is 49.7 cm³/mol. The summed E-state index contributed by atoms with van der Waals surface area (Å²) in [6, 6.07) is 0. The zero-order chi connectivity index (χ0) is 9.86. The van der Waals surface area contributed by atoms with Crippen LogP contribution < -0.4 is 5.32 Å². The van der Waals surface area contributed by atoms with Crippen molar-refractivity contribution in [2.75, 3.05) is 20.2 Å². The molecule has 0 aromatic carbocycles. The molecule has 2 N–H and O–H groups in total. The third-order valence-corrected chi connectivity index (χ3v) is 2.82. The molecule has 1 aliphatic heterocycles. The van der Waals surface area contributed by atoms with Crippen LogP contribution >= 0.6 is 0 Å². The lowest BCUT2D eigenvalue weighted by molar-refractivity contribution is -0.0347. The first-order chi connectivity index (χ1) is 6.85. The number of hydrogen-bond acceptors (Lipinski definition) is 5. The van der Waals surface area contributed by atoms with E-state index in [0.29, 0.717) is 0 Å². The maximum atomic E-state index is 5.59. The third-order valence-electron chi connectivity index (χ3n) is 2.82. The SMILES string of the molecule is COC1(Cc2nn[nH]n2)CCNCC1. The zero-order valence-corrected chi connectivity index (χ0v) is 8.29. The van der Waals surface area contributed by atoms with Crippen LogP contribution in [0.15, 0.2) is 0 Å². The first-order valence-corrected chi connectivity index (χ1v) is 4.83. The normalized spacial score (nSPS) is 20.9. The Morgan fingerprint density at radius 1 is 1.43 bits per heavy atom. The molecule has 0 saturated carbocycles. The summed E-state index contributed by atoms with van der Waals surface area (Å²) < 4.78 is 5.59.